The van der Waals surface area contributed by atoms with Gasteiger partial charge in [-0.1, -0.05) is 234 Å². The summed E-state index contributed by atoms with van der Waals surface area (Å²) in [6.45, 7) is 32.8. The third-order valence-electron chi connectivity index (χ3n) is 15.7. The van der Waals surface area contributed by atoms with Gasteiger partial charge in [0, 0.05) is 0 Å². The first-order valence-corrected chi connectivity index (χ1v) is 27.5. The molecule has 1 heterocycles. The lowest BCUT2D eigenvalue weighted by Gasteiger charge is -2.35. The SMILES string of the molecule is Cc1cc(C)c(B(c2ccc(-c3ccc4cc5c6c(cccc6c4c3)[Si](C)(C)c3cc(B(c4c(C)cc(C)cc4C)c4c(C)cc(C)cc4C)ccc3-5)cc2)c2c(C)cc(C)cc2C)c(C)c1. The Labute approximate surface area is 402 Å². The fraction of sp³-hybridized carbons (Fsp3) is 0.219. The Morgan fingerprint density at radius 3 is 1.21 bits per heavy atom. The maximum atomic E-state index is 2.63. The van der Waals surface area contributed by atoms with Crippen LogP contribution in [0.3, 0.4) is 0 Å². The van der Waals surface area contributed by atoms with Crippen LogP contribution in [-0.4, -0.2) is 21.5 Å². The molecule has 3 heteroatoms. The van der Waals surface area contributed by atoms with Crippen molar-refractivity contribution in [1.82, 2.24) is 0 Å². The summed E-state index contributed by atoms with van der Waals surface area (Å²) in [7, 11) is -2.17. The summed E-state index contributed by atoms with van der Waals surface area (Å²) in [6.07, 6.45) is 0. The molecule has 0 saturated heterocycles. The number of aryl methyl sites for hydroxylation is 12. The first-order valence-electron chi connectivity index (χ1n) is 24.5. The van der Waals surface area contributed by atoms with Crippen molar-refractivity contribution in [2.24, 2.45) is 0 Å². The minimum absolute atomic E-state index is 0.148. The van der Waals surface area contributed by atoms with Crippen LogP contribution in [0.25, 0.3) is 43.8 Å². The summed E-state index contributed by atoms with van der Waals surface area (Å²) in [5.74, 6) is 0. The van der Waals surface area contributed by atoms with Crippen molar-refractivity contribution in [3.05, 3.63) is 200 Å². The number of rotatable bonds is 7. The van der Waals surface area contributed by atoms with Crippen LogP contribution in [0.4, 0.5) is 0 Å². The van der Waals surface area contributed by atoms with Crippen molar-refractivity contribution >= 4 is 86.2 Å². The van der Waals surface area contributed by atoms with Gasteiger partial charge in [0.1, 0.15) is 8.07 Å². The van der Waals surface area contributed by atoms with Gasteiger partial charge in [-0.05, 0) is 149 Å². The molecule has 10 rings (SSSR count). The van der Waals surface area contributed by atoms with E-state index in [1.807, 2.05) is 0 Å². The number of benzene rings is 9. The van der Waals surface area contributed by atoms with E-state index in [1.54, 1.807) is 5.19 Å². The van der Waals surface area contributed by atoms with E-state index < -0.39 is 8.07 Å². The standard InChI is InChI=1S/C64H64B2Si/c1-37-26-41(5)61(42(6)27-37)65(62-43(7)28-38(2)29-44(62)8)52-22-20-49(21-23-52)50-18-19-51-35-57-54-25-24-53(36-59(54)67(13,14)58-17-15-16-55(60(57)58)56(51)34-50)66(63-45(9)30-39(3)31-46(63)10)64-47(11)32-40(4)33-48(64)12/h15-36H,1-14H3. The summed E-state index contributed by atoms with van der Waals surface area (Å²) in [5, 5.41) is 8.52. The number of fused-ring (bicyclic) bond motifs is 4. The highest BCUT2D eigenvalue weighted by Crippen LogP contribution is 2.39. The Kier molecular flexibility index (Phi) is 11.0. The molecule has 9 aromatic rings. The molecule has 9 aromatic carbocycles. The molecule has 1 aliphatic heterocycles. The Hall–Kier alpha value is -6.15. The second-order valence-corrected chi connectivity index (χ2v) is 25.6. The van der Waals surface area contributed by atoms with Crippen LogP contribution in [-0.2, 0) is 0 Å². The normalized spacial score (nSPS) is 12.7. The van der Waals surface area contributed by atoms with E-state index in [-0.39, 0.29) is 13.4 Å². The van der Waals surface area contributed by atoms with Crippen molar-refractivity contribution in [2.45, 2.75) is 96.2 Å². The van der Waals surface area contributed by atoms with Crippen LogP contribution >= 0.6 is 0 Å². The van der Waals surface area contributed by atoms with Gasteiger partial charge in [-0.15, -0.1) is 0 Å². The molecule has 0 spiro atoms. The Balaban J connectivity index is 1.10. The second kappa shape index (κ2) is 16.6. The highest BCUT2D eigenvalue weighted by atomic mass is 28.3. The van der Waals surface area contributed by atoms with Gasteiger partial charge >= 0.3 is 0 Å². The summed E-state index contributed by atoms with van der Waals surface area (Å²) in [5.41, 5.74) is 30.0. The molecule has 0 saturated carbocycles. The van der Waals surface area contributed by atoms with E-state index in [9.17, 15) is 0 Å². The zero-order valence-electron chi connectivity index (χ0n) is 42.4. The van der Waals surface area contributed by atoms with Gasteiger partial charge in [0.25, 0.3) is 0 Å². The third kappa shape index (κ3) is 7.46. The molecular weight excluding hydrogens is 818 g/mol. The quantitative estimate of drug-likeness (QED) is 0.111. The van der Waals surface area contributed by atoms with Crippen LogP contribution in [0.15, 0.2) is 133 Å². The van der Waals surface area contributed by atoms with Crippen LogP contribution in [0.5, 0.6) is 0 Å². The first-order chi connectivity index (χ1) is 31.9. The van der Waals surface area contributed by atoms with E-state index in [4.69, 9.17) is 0 Å². The van der Waals surface area contributed by atoms with Crippen molar-refractivity contribution in [3.63, 3.8) is 0 Å². The van der Waals surface area contributed by atoms with Gasteiger partial charge in [-0.3, -0.25) is 0 Å². The lowest BCUT2D eigenvalue weighted by molar-refractivity contribution is 1.34. The summed E-state index contributed by atoms with van der Waals surface area (Å²) >= 11 is 0. The van der Waals surface area contributed by atoms with E-state index >= 15 is 0 Å². The molecule has 0 aromatic heterocycles. The highest BCUT2D eigenvalue weighted by Gasteiger charge is 2.38. The molecular formula is C64H64B2Si. The molecule has 1 aliphatic rings. The monoisotopic (exact) mass is 882 g/mol. The minimum Gasteiger partial charge on any atom is -0.0687 e. The second-order valence-electron chi connectivity index (χ2n) is 21.3. The maximum absolute atomic E-state index is 2.63. The fourth-order valence-electron chi connectivity index (χ4n) is 13.2. The summed E-state index contributed by atoms with van der Waals surface area (Å²) in [4.78, 5) is 0. The van der Waals surface area contributed by atoms with Gasteiger partial charge in [0.15, 0.2) is 0 Å². The smallest absolute Gasteiger partial charge is 0.0687 e. The number of hydrogen-bond acceptors (Lipinski definition) is 0. The molecule has 0 unspecified atom stereocenters. The molecule has 0 fully saturated rings. The van der Waals surface area contributed by atoms with Gasteiger partial charge in [0.2, 0.25) is 13.4 Å². The predicted octanol–water partition coefficient (Wildman–Crippen LogP) is 11.2. The molecule has 67 heavy (non-hydrogen) atoms. The van der Waals surface area contributed by atoms with Crippen molar-refractivity contribution in [3.8, 4) is 22.3 Å². The van der Waals surface area contributed by atoms with Gasteiger partial charge < -0.3 is 0 Å². The lowest BCUT2D eigenvalue weighted by atomic mass is 9.34. The average Bonchev–Trinajstić information content (AvgIpc) is 3.25. The topological polar surface area (TPSA) is 0 Å². The molecule has 0 N–H and O–H groups in total. The first kappa shape index (κ1) is 44.7. The Morgan fingerprint density at radius 1 is 0.328 bits per heavy atom. The van der Waals surface area contributed by atoms with Gasteiger partial charge in [-0.2, -0.15) is 0 Å². The zero-order valence-corrected chi connectivity index (χ0v) is 43.4. The van der Waals surface area contributed by atoms with Crippen LogP contribution in [0.1, 0.15) is 66.8 Å². The number of hydrogen-bond donors (Lipinski definition) is 0. The molecule has 0 bridgehead atoms. The summed E-state index contributed by atoms with van der Waals surface area (Å²) < 4.78 is 0. The van der Waals surface area contributed by atoms with Crippen molar-refractivity contribution in [2.75, 3.05) is 0 Å². The van der Waals surface area contributed by atoms with Crippen LogP contribution < -0.4 is 43.2 Å². The van der Waals surface area contributed by atoms with E-state index in [0.29, 0.717) is 0 Å². The molecule has 0 aliphatic carbocycles. The van der Waals surface area contributed by atoms with Crippen LogP contribution in [0, 0.1) is 83.1 Å². The minimum atomic E-state index is -2.17. The van der Waals surface area contributed by atoms with Crippen molar-refractivity contribution in [1.29, 1.82) is 0 Å². The fourth-order valence-corrected chi connectivity index (χ4v) is 16.3. The zero-order chi connectivity index (χ0) is 47.4. The van der Waals surface area contributed by atoms with Crippen LogP contribution in [0.2, 0.25) is 13.1 Å². The molecule has 0 amide bonds. The van der Waals surface area contributed by atoms with E-state index in [1.165, 1.54) is 149 Å². The predicted molar refractivity (Wildman–Crippen MR) is 301 cm³/mol. The van der Waals surface area contributed by atoms with Crippen molar-refractivity contribution < 1.29 is 0 Å². The molecule has 0 radical (unpaired) electrons. The lowest BCUT2D eigenvalue weighted by Crippen LogP contribution is -2.60. The van der Waals surface area contributed by atoms with E-state index in [2.05, 4.69) is 230 Å². The van der Waals surface area contributed by atoms with Gasteiger partial charge in [0.05, 0.1) is 0 Å². The third-order valence-corrected chi connectivity index (χ3v) is 19.2. The highest BCUT2D eigenvalue weighted by molar-refractivity contribution is 7.04. The Bertz CT molecular complexity index is 3310. The average molecular weight is 883 g/mol. The maximum Gasteiger partial charge on any atom is 0.242 e. The molecule has 0 nitrogen and oxygen atoms in total. The molecule has 330 valence electrons. The largest absolute Gasteiger partial charge is 0.242 e. The molecule has 0 atom stereocenters. The van der Waals surface area contributed by atoms with Gasteiger partial charge in [-0.25, -0.2) is 0 Å². The Morgan fingerprint density at radius 2 is 0.746 bits per heavy atom. The summed E-state index contributed by atoms with van der Waals surface area (Å²) in [6, 6.07) is 52.9. The van der Waals surface area contributed by atoms with E-state index in [0.717, 1.165) is 0 Å².